The summed E-state index contributed by atoms with van der Waals surface area (Å²) in [6.07, 6.45) is 6.62. The molecule has 3 aliphatic rings. The number of halogens is 1. The van der Waals surface area contributed by atoms with Gasteiger partial charge in [0.2, 0.25) is 0 Å². The number of rotatable bonds is 2. The molecule has 0 aromatic carbocycles. The zero-order valence-corrected chi connectivity index (χ0v) is 17.1. The Morgan fingerprint density at radius 1 is 1.26 bits per heavy atom. The lowest BCUT2D eigenvalue weighted by Gasteiger charge is -2.45. The van der Waals surface area contributed by atoms with E-state index in [1.807, 2.05) is 6.20 Å². The molecule has 3 atom stereocenters. The van der Waals surface area contributed by atoms with E-state index < -0.39 is 0 Å². The van der Waals surface area contributed by atoms with E-state index >= 15 is 0 Å². The van der Waals surface area contributed by atoms with Crippen LogP contribution in [-0.2, 0) is 21.5 Å². The summed E-state index contributed by atoms with van der Waals surface area (Å²) in [6, 6.07) is 2.54. The molecule has 27 heavy (non-hydrogen) atoms. The summed E-state index contributed by atoms with van der Waals surface area (Å²) in [6.45, 7) is 4.56. The number of nitrogens with one attached hydrogen (secondary N) is 1. The Balaban J connectivity index is 1.42. The van der Waals surface area contributed by atoms with E-state index in [1.54, 1.807) is 11.3 Å². The topological polar surface area (TPSA) is 56.5 Å². The van der Waals surface area contributed by atoms with Crippen molar-refractivity contribution in [2.24, 2.45) is 0 Å². The van der Waals surface area contributed by atoms with E-state index in [1.165, 1.54) is 10.4 Å². The number of fused-ring (bicyclic) bond motifs is 2. The third-order valence-corrected chi connectivity index (χ3v) is 7.55. The standard InChI is InChI=1S/C20H25ClN2O3S/c1-12-9-20(18-14(4-7-25-20)8-17(21)27-18)10-15(23-12)16-11-22-19(26-16)13-2-5-24-6-3-13/h8,11-13,15,23H,2-7,9-10H2,1H3. The second kappa shape index (κ2) is 7.16. The molecule has 0 radical (unpaired) electrons. The molecule has 0 aliphatic carbocycles. The molecule has 1 N–H and O–H groups in total. The highest BCUT2D eigenvalue weighted by Crippen LogP contribution is 2.50. The highest BCUT2D eigenvalue weighted by atomic mass is 35.5. The van der Waals surface area contributed by atoms with Crippen LogP contribution in [0.2, 0.25) is 4.34 Å². The minimum atomic E-state index is -0.271. The van der Waals surface area contributed by atoms with Crippen molar-refractivity contribution >= 4 is 22.9 Å². The zero-order valence-electron chi connectivity index (χ0n) is 15.5. The molecule has 2 fully saturated rings. The van der Waals surface area contributed by atoms with Gasteiger partial charge in [-0.15, -0.1) is 11.3 Å². The number of oxazole rings is 1. The summed E-state index contributed by atoms with van der Waals surface area (Å²) >= 11 is 8.02. The molecular formula is C20H25ClN2O3S. The normalized spacial score (nSPS) is 31.9. The summed E-state index contributed by atoms with van der Waals surface area (Å²) in [5, 5.41) is 3.69. The molecule has 2 aromatic rings. The van der Waals surface area contributed by atoms with Crippen LogP contribution in [0.15, 0.2) is 16.7 Å². The van der Waals surface area contributed by atoms with Gasteiger partial charge >= 0.3 is 0 Å². The molecule has 5 rings (SSSR count). The molecule has 0 saturated carbocycles. The van der Waals surface area contributed by atoms with Gasteiger partial charge in [-0.05, 0) is 44.2 Å². The van der Waals surface area contributed by atoms with E-state index in [-0.39, 0.29) is 11.6 Å². The monoisotopic (exact) mass is 408 g/mol. The molecule has 146 valence electrons. The Kier molecular flexibility index (Phi) is 4.81. The van der Waals surface area contributed by atoms with Gasteiger partial charge in [0.05, 0.1) is 23.2 Å². The van der Waals surface area contributed by atoms with Crippen LogP contribution in [0.4, 0.5) is 0 Å². The van der Waals surface area contributed by atoms with E-state index in [9.17, 15) is 0 Å². The van der Waals surface area contributed by atoms with E-state index in [0.29, 0.717) is 12.0 Å². The smallest absolute Gasteiger partial charge is 0.197 e. The Hall–Kier alpha value is -0.920. The number of hydrogen-bond acceptors (Lipinski definition) is 6. The van der Waals surface area contributed by atoms with Crippen molar-refractivity contribution in [3.8, 4) is 0 Å². The Morgan fingerprint density at radius 3 is 2.96 bits per heavy atom. The molecule has 5 nitrogen and oxygen atoms in total. The lowest BCUT2D eigenvalue weighted by atomic mass is 9.79. The zero-order chi connectivity index (χ0) is 18.4. The fourth-order valence-electron chi connectivity index (χ4n) is 4.84. The van der Waals surface area contributed by atoms with Gasteiger partial charge in [-0.25, -0.2) is 4.98 Å². The third-order valence-electron chi connectivity index (χ3n) is 6.05. The first kappa shape index (κ1) is 18.1. The molecule has 3 unspecified atom stereocenters. The van der Waals surface area contributed by atoms with Crippen molar-refractivity contribution < 1.29 is 13.9 Å². The number of thiophene rings is 1. The Bertz CT molecular complexity index is 816. The maximum absolute atomic E-state index is 6.42. The second-order valence-electron chi connectivity index (χ2n) is 8.01. The van der Waals surface area contributed by atoms with Gasteiger partial charge in [-0.2, -0.15) is 0 Å². The number of aromatic nitrogens is 1. The highest BCUT2D eigenvalue weighted by Gasteiger charge is 2.47. The molecule has 0 bridgehead atoms. The van der Waals surface area contributed by atoms with Crippen LogP contribution in [0.1, 0.15) is 66.7 Å². The van der Waals surface area contributed by atoms with E-state index in [0.717, 1.165) is 67.9 Å². The fraction of sp³-hybridized carbons (Fsp3) is 0.650. The fourth-order valence-corrected chi connectivity index (χ4v) is 6.30. The molecule has 5 heterocycles. The first-order chi connectivity index (χ1) is 13.1. The average molecular weight is 409 g/mol. The SMILES string of the molecule is CC1CC2(CC(c3cnc(C4CCOCC4)o3)N1)OCCc1cc(Cl)sc12. The first-order valence-electron chi connectivity index (χ1n) is 9.85. The first-order valence-corrected chi connectivity index (χ1v) is 11.0. The Morgan fingerprint density at radius 2 is 2.11 bits per heavy atom. The molecule has 2 saturated heterocycles. The number of ether oxygens (including phenoxy) is 2. The van der Waals surface area contributed by atoms with Gasteiger partial charge in [-0.1, -0.05) is 11.6 Å². The predicted molar refractivity (Wildman–Crippen MR) is 105 cm³/mol. The van der Waals surface area contributed by atoms with Crippen molar-refractivity contribution in [3.05, 3.63) is 38.7 Å². The summed E-state index contributed by atoms with van der Waals surface area (Å²) in [4.78, 5) is 5.91. The van der Waals surface area contributed by atoms with Crippen LogP contribution < -0.4 is 5.32 Å². The van der Waals surface area contributed by atoms with E-state index in [4.69, 9.17) is 25.5 Å². The third kappa shape index (κ3) is 3.36. The molecule has 1 spiro atoms. The molecule has 2 aromatic heterocycles. The number of nitrogens with zero attached hydrogens (tertiary/aromatic N) is 1. The van der Waals surface area contributed by atoms with Crippen molar-refractivity contribution in [2.45, 2.75) is 62.6 Å². The number of hydrogen-bond donors (Lipinski definition) is 1. The molecular weight excluding hydrogens is 384 g/mol. The maximum Gasteiger partial charge on any atom is 0.197 e. The summed E-state index contributed by atoms with van der Waals surface area (Å²) < 4.78 is 19.0. The maximum atomic E-state index is 6.42. The van der Waals surface area contributed by atoms with Crippen LogP contribution in [0.25, 0.3) is 0 Å². The van der Waals surface area contributed by atoms with Gasteiger partial charge in [0.25, 0.3) is 0 Å². The second-order valence-corrected chi connectivity index (χ2v) is 9.70. The Labute approximate surface area is 168 Å². The van der Waals surface area contributed by atoms with Crippen molar-refractivity contribution in [1.82, 2.24) is 10.3 Å². The van der Waals surface area contributed by atoms with Gasteiger partial charge in [-0.3, -0.25) is 0 Å². The van der Waals surface area contributed by atoms with Gasteiger partial charge < -0.3 is 19.2 Å². The van der Waals surface area contributed by atoms with Crippen molar-refractivity contribution in [3.63, 3.8) is 0 Å². The van der Waals surface area contributed by atoms with Crippen LogP contribution >= 0.6 is 22.9 Å². The van der Waals surface area contributed by atoms with Crippen molar-refractivity contribution in [1.29, 1.82) is 0 Å². The average Bonchev–Trinajstić information content (AvgIpc) is 3.29. The van der Waals surface area contributed by atoms with Gasteiger partial charge in [0.1, 0.15) is 11.4 Å². The van der Waals surface area contributed by atoms with E-state index in [2.05, 4.69) is 23.3 Å². The van der Waals surface area contributed by atoms with Crippen LogP contribution in [-0.4, -0.2) is 30.8 Å². The summed E-state index contributed by atoms with van der Waals surface area (Å²) in [5.74, 6) is 2.14. The summed E-state index contributed by atoms with van der Waals surface area (Å²) in [5.41, 5.74) is 1.08. The minimum absolute atomic E-state index is 0.0988. The van der Waals surface area contributed by atoms with Crippen LogP contribution in [0.5, 0.6) is 0 Å². The predicted octanol–water partition coefficient (Wildman–Crippen LogP) is 4.56. The van der Waals surface area contributed by atoms with Crippen LogP contribution in [0, 0.1) is 0 Å². The quantitative estimate of drug-likeness (QED) is 0.789. The van der Waals surface area contributed by atoms with Gasteiger partial charge in [0, 0.05) is 36.5 Å². The molecule has 7 heteroatoms. The lowest BCUT2D eigenvalue weighted by Crippen LogP contribution is -2.49. The largest absolute Gasteiger partial charge is 0.444 e. The highest BCUT2D eigenvalue weighted by molar-refractivity contribution is 7.16. The minimum Gasteiger partial charge on any atom is -0.444 e. The number of piperidine rings is 1. The van der Waals surface area contributed by atoms with Crippen molar-refractivity contribution in [2.75, 3.05) is 19.8 Å². The molecule has 0 amide bonds. The lowest BCUT2D eigenvalue weighted by molar-refractivity contribution is -0.0971. The van der Waals surface area contributed by atoms with Crippen LogP contribution in [0.3, 0.4) is 0 Å². The molecule has 3 aliphatic heterocycles. The summed E-state index contributed by atoms with van der Waals surface area (Å²) in [7, 11) is 0. The van der Waals surface area contributed by atoms with Gasteiger partial charge in [0.15, 0.2) is 5.89 Å².